The number of rotatable bonds is 3. The predicted octanol–water partition coefficient (Wildman–Crippen LogP) is 2.64. The fourth-order valence-electron chi connectivity index (χ4n) is 1.99. The summed E-state index contributed by atoms with van der Waals surface area (Å²) in [6, 6.07) is 2.10. The van der Waals surface area contributed by atoms with Crippen molar-refractivity contribution in [1.29, 1.82) is 0 Å². The van der Waals surface area contributed by atoms with Crippen LogP contribution in [0.5, 0.6) is 0 Å². The van der Waals surface area contributed by atoms with Crippen LogP contribution in [0.25, 0.3) is 0 Å². The quantitative estimate of drug-likeness (QED) is 0.803. The second kappa shape index (κ2) is 3.92. The molecule has 1 aromatic rings. The van der Waals surface area contributed by atoms with Gasteiger partial charge in [0, 0.05) is 19.7 Å². The van der Waals surface area contributed by atoms with Crippen molar-refractivity contribution in [3.63, 3.8) is 0 Å². The molecule has 1 aromatic carbocycles. The molecule has 88 valence electrons. The standard InChI is InChI=1S/C12H16F2N2/c1-7-3-8(7)6-16(2)11-5-9(13)4-10(14)12(11)15/h4-5,7-8H,3,6,15H2,1-2H3. The maximum Gasteiger partial charge on any atom is 0.151 e. The number of nitrogens with two attached hydrogens (primary N) is 1. The fraction of sp³-hybridized carbons (Fsp3) is 0.500. The van der Waals surface area contributed by atoms with Crippen molar-refractivity contribution in [3.05, 3.63) is 23.8 Å². The smallest absolute Gasteiger partial charge is 0.151 e. The minimum atomic E-state index is -0.689. The molecule has 1 aliphatic rings. The van der Waals surface area contributed by atoms with Gasteiger partial charge in [0.15, 0.2) is 5.82 Å². The van der Waals surface area contributed by atoms with Crippen molar-refractivity contribution in [1.82, 2.24) is 0 Å². The van der Waals surface area contributed by atoms with Gasteiger partial charge in [0.2, 0.25) is 0 Å². The van der Waals surface area contributed by atoms with Crippen LogP contribution in [0.1, 0.15) is 13.3 Å². The molecular weight excluding hydrogens is 210 g/mol. The number of hydrogen-bond acceptors (Lipinski definition) is 2. The largest absolute Gasteiger partial charge is 0.395 e. The van der Waals surface area contributed by atoms with E-state index >= 15 is 0 Å². The molecule has 2 N–H and O–H groups in total. The van der Waals surface area contributed by atoms with Gasteiger partial charge in [-0.1, -0.05) is 6.92 Å². The Bertz CT molecular complexity index is 406. The monoisotopic (exact) mass is 226 g/mol. The van der Waals surface area contributed by atoms with Gasteiger partial charge in [-0.15, -0.1) is 0 Å². The van der Waals surface area contributed by atoms with Crippen LogP contribution in [0.4, 0.5) is 20.2 Å². The molecule has 0 saturated heterocycles. The first-order valence-electron chi connectivity index (χ1n) is 5.44. The van der Waals surface area contributed by atoms with Gasteiger partial charge < -0.3 is 10.6 Å². The van der Waals surface area contributed by atoms with E-state index in [1.165, 1.54) is 12.5 Å². The molecule has 0 heterocycles. The third-order valence-corrected chi connectivity index (χ3v) is 3.27. The summed E-state index contributed by atoms with van der Waals surface area (Å²) >= 11 is 0. The van der Waals surface area contributed by atoms with Gasteiger partial charge in [-0.3, -0.25) is 0 Å². The van der Waals surface area contributed by atoms with Crippen LogP contribution in [0.2, 0.25) is 0 Å². The highest BCUT2D eigenvalue weighted by Crippen LogP contribution is 2.39. The summed E-state index contributed by atoms with van der Waals surface area (Å²) in [7, 11) is 1.82. The number of nitrogens with zero attached hydrogens (tertiary/aromatic N) is 1. The highest BCUT2D eigenvalue weighted by molar-refractivity contribution is 5.68. The molecule has 0 spiro atoms. The summed E-state index contributed by atoms with van der Waals surface area (Å²) in [6.45, 7) is 2.97. The van der Waals surface area contributed by atoms with Crippen LogP contribution in [-0.2, 0) is 0 Å². The molecule has 0 aliphatic heterocycles. The van der Waals surface area contributed by atoms with Crippen molar-refractivity contribution >= 4 is 11.4 Å². The van der Waals surface area contributed by atoms with Gasteiger partial charge in [-0.25, -0.2) is 8.78 Å². The molecule has 0 aromatic heterocycles. The summed E-state index contributed by atoms with van der Waals surface area (Å²) in [4.78, 5) is 1.83. The van der Waals surface area contributed by atoms with E-state index in [-0.39, 0.29) is 5.69 Å². The van der Waals surface area contributed by atoms with Crippen LogP contribution < -0.4 is 10.6 Å². The first-order chi connectivity index (χ1) is 7.49. The Balaban J connectivity index is 2.18. The topological polar surface area (TPSA) is 29.3 Å². The molecule has 4 heteroatoms. The first kappa shape index (κ1) is 11.2. The van der Waals surface area contributed by atoms with Gasteiger partial charge in [0.25, 0.3) is 0 Å². The van der Waals surface area contributed by atoms with Crippen molar-refractivity contribution < 1.29 is 8.78 Å². The summed E-state index contributed by atoms with van der Waals surface area (Å²) in [5.41, 5.74) is 6.07. The molecule has 1 saturated carbocycles. The van der Waals surface area contributed by atoms with Crippen molar-refractivity contribution in [2.45, 2.75) is 13.3 Å². The van der Waals surface area contributed by atoms with Crippen molar-refractivity contribution in [2.24, 2.45) is 11.8 Å². The van der Waals surface area contributed by atoms with E-state index in [2.05, 4.69) is 6.92 Å². The average Bonchev–Trinajstić information content (AvgIpc) is 2.87. The van der Waals surface area contributed by atoms with E-state index in [9.17, 15) is 8.78 Å². The van der Waals surface area contributed by atoms with E-state index in [0.717, 1.165) is 12.6 Å². The van der Waals surface area contributed by atoms with Crippen LogP contribution in [0.15, 0.2) is 12.1 Å². The Morgan fingerprint density at radius 2 is 2.06 bits per heavy atom. The highest BCUT2D eigenvalue weighted by Gasteiger charge is 2.33. The summed E-state index contributed by atoms with van der Waals surface area (Å²) in [5, 5.41) is 0. The normalized spacial score (nSPS) is 23.2. The van der Waals surface area contributed by atoms with E-state index in [1.54, 1.807) is 0 Å². The van der Waals surface area contributed by atoms with Gasteiger partial charge >= 0.3 is 0 Å². The number of halogens is 2. The Hall–Kier alpha value is -1.32. The van der Waals surface area contributed by atoms with Crippen LogP contribution >= 0.6 is 0 Å². The Morgan fingerprint density at radius 1 is 1.44 bits per heavy atom. The number of benzene rings is 1. The average molecular weight is 226 g/mol. The zero-order valence-electron chi connectivity index (χ0n) is 9.50. The first-order valence-corrected chi connectivity index (χ1v) is 5.44. The van der Waals surface area contributed by atoms with Gasteiger partial charge in [0.1, 0.15) is 5.82 Å². The van der Waals surface area contributed by atoms with E-state index in [4.69, 9.17) is 5.73 Å². The Kier molecular flexibility index (Phi) is 2.74. The number of hydrogen-bond donors (Lipinski definition) is 1. The minimum Gasteiger partial charge on any atom is -0.395 e. The lowest BCUT2D eigenvalue weighted by Crippen LogP contribution is -2.22. The predicted molar refractivity (Wildman–Crippen MR) is 61.3 cm³/mol. The molecule has 0 amide bonds. The minimum absolute atomic E-state index is 0.0252. The molecule has 0 radical (unpaired) electrons. The number of nitrogen functional groups attached to an aromatic ring is 1. The lowest BCUT2D eigenvalue weighted by molar-refractivity contribution is 0.585. The van der Waals surface area contributed by atoms with Crippen LogP contribution in [-0.4, -0.2) is 13.6 Å². The van der Waals surface area contributed by atoms with Crippen molar-refractivity contribution in [3.8, 4) is 0 Å². The summed E-state index contributed by atoms with van der Waals surface area (Å²) in [6.07, 6.45) is 1.18. The second-order valence-corrected chi connectivity index (χ2v) is 4.67. The molecule has 2 atom stereocenters. The van der Waals surface area contributed by atoms with Gasteiger partial charge in [0.05, 0.1) is 11.4 Å². The third kappa shape index (κ3) is 2.10. The van der Waals surface area contributed by atoms with E-state index < -0.39 is 11.6 Å². The zero-order chi connectivity index (χ0) is 11.9. The van der Waals surface area contributed by atoms with Crippen LogP contribution in [0, 0.1) is 23.5 Å². The van der Waals surface area contributed by atoms with Gasteiger partial charge in [-0.2, -0.15) is 0 Å². The molecule has 2 nitrogen and oxygen atoms in total. The highest BCUT2D eigenvalue weighted by atomic mass is 19.1. The Morgan fingerprint density at radius 3 is 2.62 bits per heavy atom. The maximum absolute atomic E-state index is 13.2. The van der Waals surface area contributed by atoms with Crippen molar-refractivity contribution in [2.75, 3.05) is 24.2 Å². The molecule has 16 heavy (non-hydrogen) atoms. The fourth-order valence-corrected chi connectivity index (χ4v) is 1.99. The van der Waals surface area contributed by atoms with E-state index in [0.29, 0.717) is 17.5 Å². The molecular formula is C12H16F2N2. The summed E-state index contributed by atoms with van der Waals surface area (Å²) in [5.74, 6) is 0.0564. The summed E-state index contributed by atoms with van der Waals surface area (Å²) < 4.78 is 26.3. The van der Waals surface area contributed by atoms with Gasteiger partial charge in [-0.05, 0) is 24.3 Å². The maximum atomic E-state index is 13.2. The lowest BCUT2D eigenvalue weighted by atomic mass is 10.2. The molecule has 2 unspecified atom stereocenters. The molecule has 2 rings (SSSR count). The molecule has 1 fully saturated rings. The third-order valence-electron chi connectivity index (χ3n) is 3.27. The lowest BCUT2D eigenvalue weighted by Gasteiger charge is -2.21. The molecule has 1 aliphatic carbocycles. The zero-order valence-corrected chi connectivity index (χ0v) is 9.50. The van der Waals surface area contributed by atoms with E-state index in [1.807, 2.05) is 11.9 Å². The molecule has 0 bridgehead atoms. The SMILES string of the molecule is CC1CC1CN(C)c1cc(F)cc(F)c1N. The number of anilines is 2. The Labute approximate surface area is 94.0 Å². The second-order valence-electron chi connectivity index (χ2n) is 4.67. The van der Waals surface area contributed by atoms with Crippen LogP contribution in [0.3, 0.4) is 0 Å².